The molecule has 1 aliphatic rings. The average Bonchev–Trinajstić information content (AvgIpc) is 2.83. The van der Waals surface area contributed by atoms with Crippen LogP contribution in [0.3, 0.4) is 0 Å². The largest absolute Gasteiger partial charge is 0.485 e. The molecule has 3 heterocycles. The smallest absolute Gasteiger partial charge is 0.180 e. The first-order valence-corrected chi connectivity index (χ1v) is 6.48. The van der Waals surface area contributed by atoms with Crippen LogP contribution in [0.25, 0.3) is 9.75 Å². The zero-order chi connectivity index (χ0) is 10.3. The maximum atomic E-state index is 5.65. The van der Waals surface area contributed by atoms with Gasteiger partial charge in [-0.1, -0.05) is 0 Å². The Morgan fingerprint density at radius 2 is 2.07 bits per heavy atom. The topological polar surface area (TPSA) is 18.5 Å². The predicted molar refractivity (Wildman–Crippen MR) is 63.4 cm³/mol. The van der Waals surface area contributed by atoms with E-state index in [-0.39, 0.29) is 0 Å². The minimum absolute atomic E-state index is 0.654. The van der Waals surface area contributed by atoms with Crippen LogP contribution in [-0.2, 0) is 0 Å². The van der Waals surface area contributed by atoms with E-state index >= 15 is 0 Å². The van der Waals surface area contributed by atoms with Crippen molar-refractivity contribution in [2.24, 2.45) is 0 Å². The Bertz CT molecular complexity index is 484. The van der Waals surface area contributed by atoms with E-state index < -0.39 is 0 Å². The molecule has 1 aliphatic heterocycles. The summed E-state index contributed by atoms with van der Waals surface area (Å²) in [6.07, 6.45) is 0. The summed E-state index contributed by atoms with van der Waals surface area (Å²) in [5.74, 6) is 1.82. The Balaban J connectivity index is 2.08. The van der Waals surface area contributed by atoms with Crippen molar-refractivity contribution in [1.29, 1.82) is 0 Å². The first kappa shape index (κ1) is 9.24. The maximum Gasteiger partial charge on any atom is 0.180 e. The summed E-state index contributed by atoms with van der Waals surface area (Å²) in [6.45, 7) is 3.43. The van der Waals surface area contributed by atoms with Gasteiger partial charge in [0.2, 0.25) is 0 Å². The Morgan fingerprint density at radius 1 is 1.20 bits per heavy atom. The van der Waals surface area contributed by atoms with Crippen molar-refractivity contribution in [2.45, 2.75) is 6.92 Å². The van der Waals surface area contributed by atoms with Crippen LogP contribution in [0.5, 0.6) is 11.5 Å². The molecule has 4 heteroatoms. The minimum atomic E-state index is 0.654. The molecular formula is C11H10O2S2. The summed E-state index contributed by atoms with van der Waals surface area (Å²) in [6, 6.07) is 4.28. The highest BCUT2D eigenvalue weighted by atomic mass is 32.1. The molecule has 2 aromatic heterocycles. The minimum Gasteiger partial charge on any atom is -0.485 e. The molecule has 0 saturated carbocycles. The molecule has 2 nitrogen and oxygen atoms in total. The van der Waals surface area contributed by atoms with Gasteiger partial charge in [0.1, 0.15) is 13.2 Å². The van der Waals surface area contributed by atoms with Crippen LogP contribution in [0, 0.1) is 6.92 Å². The van der Waals surface area contributed by atoms with Crippen LogP contribution in [0.15, 0.2) is 17.5 Å². The molecule has 3 rings (SSSR count). The zero-order valence-electron chi connectivity index (χ0n) is 8.28. The van der Waals surface area contributed by atoms with Gasteiger partial charge in [-0.2, -0.15) is 0 Å². The fourth-order valence-corrected chi connectivity index (χ4v) is 3.51. The lowest BCUT2D eigenvalue weighted by atomic mass is 10.3. The van der Waals surface area contributed by atoms with E-state index in [2.05, 4.69) is 19.1 Å². The Labute approximate surface area is 96.1 Å². The molecule has 0 atom stereocenters. The zero-order valence-corrected chi connectivity index (χ0v) is 9.91. The van der Waals surface area contributed by atoms with Crippen molar-refractivity contribution in [1.82, 2.24) is 0 Å². The molecule has 0 amide bonds. The maximum absolute atomic E-state index is 5.65. The summed E-state index contributed by atoms with van der Waals surface area (Å²) in [4.78, 5) is 3.79. The van der Waals surface area contributed by atoms with E-state index in [1.54, 1.807) is 22.7 Å². The molecule has 0 bridgehead atoms. The summed E-state index contributed by atoms with van der Waals surface area (Å²) < 4.78 is 11.2. The van der Waals surface area contributed by atoms with Gasteiger partial charge in [0, 0.05) is 15.1 Å². The number of thiophene rings is 2. The normalized spacial score (nSPS) is 14.2. The lowest BCUT2D eigenvalue weighted by Gasteiger charge is -2.15. The monoisotopic (exact) mass is 238 g/mol. The van der Waals surface area contributed by atoms with E-state index in [1.807, 2.05) is 5.38 Å². The first-order valence-electron chi connectivity index (χ1n) is 4.78. The molecule has 0 aliphatic carbocycles. The lowest BCUT2D eigenvalue weighted by Crippen LogP contribution is -2.14. The van der Waals surface area contributed by atoms with E-state index in [4.69, 9.17) is 9.47 Å². The third kappa shape index (κ3) is 1.54. The fourth-order valence-electron chi connectivity index (χ4n) is 1.59. The van der Waals surface area contributed by atoms with Crippen molar-refractivity contribution in [3.8, 4) is 21.3 Å². The van der Waals surface area contributed by atoms with Crippen molar-refractivity contribution < 1.29 is 9.47 Å². The van der Waals surface area contributed by atoms with Crippen LogP contribution in [0.1, 0.15) is 4.88 Å². The number of fused-ring (bicyclic) bond motifs is 1. The highest BCUT2D eigenvalue weighted by Gasteiger charge is 2.20. The number of hydrogen-bond donors (Lipinski definition) is 0. The van der Waals surface area contributed by atoms with Crippen LogP contribution >= 0.6 is 22.7 Å². The van der Waals surface area contributed by atoms with E-state index in [0.29, 0.717) is 13.2 Å². The molecule has 0 N–H and O–H groups in total. The van der Waals surface area contributed by atoms with Crippen LogP contribution < -0.4 is 9.47 Å². The van der Waals surface area contributed by atoms with Crippen molar-refractivity contribution in [3.63, 3.8) is 0 Å². The highest BCUT2D eigenvalue weighted by Crippen LogP contribution is 2.47. The second-order valence-electron chi connectivity index (χ2n) is 3.37. The Hall–Kier alpha value is -1.00. The fraction of sp³-hybridized carbons (Fsp3) is 0.273. The summed E-state index contributed by atoms with van der Waals surface area (Å²) in [5.41, 5.74) is 0. The van der Waals surface area contributed by atoms with Gasteiger partial charge in [0.15, 0.2) is 11.5 Å². The molecule has 15 heavy (non-hydrogen) atoms. The second-order valence-corrected chi connectivity index (χ2v) is 5.53. The molecular weight excluding hydrogens is 228 g/mol. The Kier molecular flexibility index (Phi) is 2.18. The average molecular weight is 238 g/mol. The van der Waals surface area contributed by atoms with Crippen molar-refractivity contribution in [2.75, 3.05) is 13.2 Å². The number of hydrogen-bond acceptors (Lipinski definition) is 4. The van der Waals surface area contributed by atoms with Gasteiger partial charge in [0.25, 0.3) is 0 Å². The molecule has 0 radical (unpaired) electrons. The van der Waals surface area contributed by atoms with Gasteiger partial charge in [-0.15, -0.1) is 22.7 Å². The van der Waals surface area contributed by atoms with Gasteiger partial charge < -0.3 is 9.47 Å². The van der Waals surface area contributed by atoms with Gasteiger partial charge in [-0.25, -0.2) is 0 Å². The molecule has 0 spiro atoms. The van der Waals surface area contributed by atoms with Crippen LogP contribution in [0.2, 0.25) is 0 Å². The molecule has 78 valence electrons. The van der Waals surface area contributed by atoms with Crippen LogP contribution in [-0.4, -0.2) is 13.2 Å². The molecule has 0 saturated heterocycles. The number of aryl methyl sites for hydroxylation is 1. The molecule has 0 unspecified atom stereocenters. The van der Waals surface area contributed by atoms with Gasteiger partial charge >= 0.3 is 0 Å². The number of rotatable bonds is 1. The van der Waals surface area contributed by atoms with Gasteiger partial charge in [-0.3, -0.25) is 0 Å². The predicted octanol–water partition coefficient (Wildman–Crippen LogP) is 3.56. The SMILES string of the molecule is Cc1ccc(-c2scc3c2OCCO3)s1. The second kappa shape index (κ2) is 3.54. The lowest BCUT2D eigenvalue weighted by molar-refractivity contribution is 0.174. The van der Waals surface area contributed by atoms with E-state index in [0.717, 1.165) is 11.5 Å². The third-order valence-electron chi connectivity index (χ3n) is 2.27. The highest BCUT2D eigenvalue weighted by molar-refractivity contribution is 7.21. The van der Waals surface area contributed by atoms with E-state index in [9.17, 15) is 0 Å². The van der Waals surface area contributed by atoms with Gasteiger partial charge in [-0.05, 0) is 19.1 Å². The molecule has 0 fully saturated rings. The van der Waals surface area contributed by atoms with Crippen molar-refractivity contribution in [3.05, 3.63) is 22.4 Å². The third-order valence-corrected chi connectivity index (χ3v) is 4.39. The summed E-state index contributed by atoms with van der Waals surface area (Å²) in [5, 5.41) is 2.03. The van der Waals surface area contributed by atoms with E-state index in [1.165, 1.54) is 14.6 Å². The quantitative estimate of drug-likeness (QED) is 0.756. The summed E-state index contributed by atoms with van der Waals surface area (Å²) in [7, 11) is 0. The van der Waals surface area contributed by atoms with Crippen LogP contribution in [0.4, 0.5) is 0 Å². The standard InChI is InChI=1S/C11H10O2S2/c1-7-2-3-9(15-7)11-10-8(6-14-11)12-4-5-13-10/h2-3,6H,4-5H2,1H3. The molecule has 2 aromatic rings. The van der Waals surface area contributed by atoms with Gasteiger partial charge in [0.05, 0.1) is 4.88 Å². The van der Waals surface area contributed by atoms with Crippen molar-refractivity contribution >= 4 is 22.7 Å². The number of ether oxygens (including phenoxy) is 2. The first-order chi connectivity index (χ1) is 7.34. The molecule has 0 aromatic carbocycles. The Morgan fingerprint density at radius 3 is 2.87 bits per heavy atom. The summed E-state index contributed by atoms with van der Waals surface area (Å²) >= 11 is 3.49.